The minimum absolute atomic E-state index is 0.0191. The molecule has 0 atom stereocenters. The lowest BCUT2D eigenvalue weighted by Gasteiger charge is -2.07. The van der Waals surface area contributed by atoms with E-state index in [1.165, 1.54) is 13.4 Å². The number of aromatic nitrogens is 1. The van der Waals surface area contributed by atoms with E-state index in [0.717, 1.165) is 11.3 Å². The van der Waals surface area contributed by atoms with Crippen LogP contribution in [0.2, 0.25) is 0 Å². The molecule has 0 fully saturated rings. The first-order valence-electron chi connectivity index (χ1n) is 5.51. The molecule has 0 saturated carbocycles. The summed E-state index contributed by atoms with van der Waals surface area (Å²) in [6, 6.07) is 1.55. The van der Waals surface area contributed by atoms with Gasteiger partial charge in [0, 0.05) is 6.07 Å². The highest BCUT2D eigenvalue weighted by Gasteiger charge is 2.27. The average Bonchev–Trinajstić information content (AvgIpc) is 3.04. The van der Waals surface area contributed by atoms with Gasteiger partial charge in [0.1, 0.15) is 16.0 Å². The maximum absolute atomic E-state index is 12.3. The fourth-order valence-corrected chi connectivity index (χ4v) is 4.27. The van der Waals surface area contributed by atoms with Gasteiger partial charge >= 0.3 is 5.97 Å². The van der Waals surface area contributed by atoms with Gasteiger partial charge < -0.3 is 9.26 Å². The first-order chi connectivity index (χ1) is 9.45. The fraction of sp³-hybridized carbons (Fsp3) is 0.273. The molecule has 2 heterocycles. The number of esters is 1. The fourth-order valence-electron chi connectivity index (χ4n) is 1.57. The van der Waals surface area contributed by atoms with E-state index in [1.807, 2.05) is 0 Å². The lowest BCUT2D eigenvalue weighted by molar-refractivity contribution is 0.0602. The number of carbonyl (C=O) groups is 1. The summed E-state index contributed by atoms with van der Waals surface area (Å²) in [5.41, 5.74) is 0.934. The summed E-state index contributed by atoms with van der Waals surface area (Å²) < 4.78 is 36.1. The van der Waals surface area contributed by atoms with Crippen LogP contribution in [0.5, 0.6) is 0 Å². The maximum Gasteiger partial charge on any atom is 0.349 e. The van der Waals surface area contributed by atoms with Gasteiger partial charge in [-0.05, 0) is 17.9 Å². The molecule has 0 aromatic carbocycles. The Morgan fingerprint density at radius 3 is 2.90 bits per heavy atom. The number of carbonyl (C=O) groups excluding carboxylic acids is 1. The van der Waals surface area contributed by atoms with Crippen molar-refractivity contribution in [3.05, 3.63) is 33.8 Å². The van der Waals surface area contributed by atoms with Crippen LogP contribution in [0.15, 0.2) is 27.1 Å². The van der Waals surface area contributed by atoms with Crippen LogP contribution in [-0.4, -0.2) is 26.7 Å². The molecular weight excluding hydrogens is 304 g/mol. The Labute approximate surface area is 119 Å². The highest BCUT2D eigenvalue weighted by Crippen LogP contribution is 2.27. The van der Waals surface area contributed by atoms with Gasteiger partial charge in [-0.15, -0.1) is 11.3 Å². The summed E-state index contributed by atoms with van der Waals surface area (Å²) in [4.78, 5) is 11.6. The van der Waals surface area contributed by atoms with E-state index < -0.39 is 16.0 Å². The molecule has 108 valence electrons. The molecule has 1 N–H and O–H groups in total. The van der Waals surface area contributed by atoms with Gasteiger partial charge in [0.05, 0.1) is 19.3 Å². The Hall–Kier alpha value is -1.71. The smallest absolute Gasteiger partial charge is 0.349 e. The lowest BCUT2D eigenvalue weighted by Crippen LogP contribution is -2.25. The molecule has 20 heavy (non-hydrogen) atoms. The second-order valence-electron chi connectivity index (χ2n) is 3.88. The Balaban J connectivity index is 2.29. The third-order valence-electron chi connectivity index (χ3n) is 2.49. The zero-order valence-electron chi connectivity index (χ0n) is 10.7. The third-order valence-corrected chi connectivity index (χ3v) is 5.29. The average molecular weight is 316 g/mol. The first kappa shape index (κ1) is 14.7. The van der Waals surface area contributed by atoms with Gasteiger partial charge in [-0.1, -0.05) is 5.16 Å². The summed E-state index contributed by atoms with van der Waals surface area (Å²) >= 11 is 1.03. The summed E-state index contributed by atoms with van der Waals surface area (Å²) in [6.07, 6.45) is 1.35. The second-order valence-corrected chi connectivity index (χ2v) is 6.47. The molecule has 9 heteroatoms. The van der Waals surface area contributed by atoms with Gasteiger partial charge in [-0.2, -0.15) is 0 Å². The van der Waals surface area contributed by atoms with Gasteiger partial charge in [-0.25, -0.2) is 17.9 Å². The van der Waals surface area contributed by atoms with Crippen LogP contribution in [0.3, 0.4) is 0 Å². The molecule has 0 saturated heterocycles. The Kier molecular flexibility index (Phi) is 4.21. The highest BCUT2D eigenvalue weighted by atomic mass is 32.2. The predicted molar refractivity (Wildman–Crippen MR) is 70.9 cm³/mol. The van der Waals surface area contributed by atoms with Crippen molar-refractivity contribution in [1.29, 1.82) is 0 Å². The number of methoxy groups -OCH3 is 1. The van der Waals surface area contributed by atoms with Crippen molar-refractivity contribution in [3.8, 4) is 0 Å². The minimum atomic E-state index is -3.83. The standard InChI is InChI=1S/C11H12N2O5S2/c1-7-6-19-9(11(14)17-2)10(7)20(15,16)12-5-8-3-4-18-13-8/h3-4,6,12H,5H2,1-2H3. The molecule has 0 radical (unpaired) electrons. The number of aryl methyl sites for hydroxylation is 1. The number of nitrogens with zero attached hydrogens (tertiary/aromatic N) is 1. The van der Waals surface area contributed by atoms with Crippen molar-refractivity contribution < 1.29 is 22.5 Å². The van der Waals surface area contributed by atoms with Gasteiger partial charge in [0.15, 0.2) is 0 Å². The van der Waals surface area contributed by atoms with Gasteiger partial charge in [0.25, 0.3) is 0 Å². The minimum Gasteiger partial charge on any atom is -0.465 e. The molecule has 2 rings (SSSR count). The van der Waals surface area contributed by atoms with Crippen LogP contribution in [0.4, 0.5) is 0 Å². The largest absolute Gasteiger partial charge is 0.465 e. The summed E-state index contributed by atoms with van der Waals surface area (Å²) in [6.45, 7) is 1.60. The predicted octanol–water partition coefficient (Wildman–Crippen LogP) is 1.31. The van der Waals surface area contributed by atoms with Crippen molar-refractivity contribution in [3.63, 3.8) is 0 Å². The Bertz CT molecular complexity index is 703. The second kappa shape index (κ2) is 5.73. The van der Waals surface area contributed by atoms with Crippen molar-refractivity contribution >= 4 is 27.3 Å². The molecule has 0 amide bonds. The van der Waals surface area contributed by atoms with E-state index in [0.29, 0.717) is 11.3 Å². The van der Waals surface area contributed by atoms with Gasteiger partial charge in [-0.3, -0.25) is 0 Å². The highest BCUT2D eigenvalue weighted by molar-refractivity contribution is 7.89. The SMILES string of the molecule is COC(=O)c1scc(C)c1S(=O)(=O)NCc1ccon1. The van der Waals surface area contributed by atoms with E-state index >= 15 is 0 Å². The monoisotopic (exact) mass is 316 g/mol. The van der Waals surface area contributed by atoms with Crippen LogP contribution in [-0.2, 0) is 21.3 Å². The van der Waals surface area contributed by atoms with Crippen LogP contribution in [0.25, 0.3) is 0 Å². The maximum atomic E-state index is 12.3. The van der Waals surface area contributed by atoms with E-state index in [4.69, 9.17) is 0 Å². The molecule has 0 aliphatic heterocycles. The molecule has 2 aromatic rings. The van der Waals surface area contributed by atoms with Crippen LogP contribution < -0.4 is 4.72 Å². The summed E-state index contributed by atoms with van der Waals surface area (Å²) in [5.74, 6) is -0.676. The lowest BCUT2D eigenvalue weighted by atomic mass is 10.3. The molecule has 0 aliphatic rings. The number of rotatable bonds is 5. The van der Waals surface area contributed by atoms with Crippen molar-refractivity contribution in [2.75, 3.05) is 7.11 Å². The number of ether oxygens (including phenoxy) is 1. The zero-order valence-corrected chi connectivity index (χ0v) is 12.4. The number of nitrogens with one attached hydrogen (secondary N) is 1. The van der Waals surface area contributed by atoms with Gasteiger partial charge in [0.2, 0.25) is 10.0 Å². The normalized spacial score (nSPS) is 11.5. The summed E-state index contributed by atoms with van der Waals surface area (Å²) in [7, 11) is -2.63. The van der Waals surface area contributed by atoms with E-state index in [1.54, 1.807) is 18.4 Å². The molecule has 2 aromatic heterocycles. The van der Waals surface area contributed by atoms with Crippen molar-refractivity contribution in [2.24, 2.45) is 0 Å². The number of sulfonamides is 1. The van der Waals surface area contributed by atoms with E-state index in [9.17, 15) is 13.2 Å². The molecular formula is C11H12N2O5S2. The zero-order chi connectivity index (χ0) is 14.8. The van der Waals surface area contributed by atoms with Crippen molar-refractivity contribution in [1.82, 2.24) is 9.88 Å². The molecule has 0 aliphatic carbocycles. The quantitative estimate of drug-likeness (QED) is 0.835. The topological polar surface area (TPSA) is 98.5 Å². The Morgan fingerprint density at radius 1 is 1.55 bits per heavy atom. The van der Waals surface area contributed by atoms with E-state index in [2.05, 4.69) is 19.1 Å². The molecule has 7 nitrogen and oxygen atoms in total. The van der Waals surface area contributed by atoms with Crippen LogP contribution >= 0.6 is 11.3 Å². The number of thiophene rings is 1. The molecule has 0 spiro atoms. The number of hydrogen-bond donors (Lipinski definition) is 1. The van der Waals surface area contributed by atoms with Crippen LogP contribution in [0, 0.1) is 6.92 Å². The molecule has 0 bridgehead atoms. The molecule has 0 unspecified atom stereocenters. The third kappa shape index (κ3) is 2.89. The number of hydrogen-bond acceptors (Lipinski definition) is 7. The summed E-state index contributed by atoms with van der Waals surface area (Å²) in [5, 5.41) is 5.20. The first-order valence-corrected chi connectivity index (χ1v) is 7.87. The van der Waals surface area contributed by atoms with Crippen LogP contribution in [0.1, 0.15) is 20.9 Å². The van der Waals surface area contributed by atoms with E-state index in [-0.39, 0.29) is 16.3 Å². The Morgan fingerprint density at radius 2 is 2.30 bits per heavy atom. The van der Waals surface area contributed by atoms with Crippen molar-refractivity contribution in [2.45, 2.75) is 18.4 Å².